The lowest BCUT2D eigenvalue weighted by Crippen LogP contribution is -2.57. The zero-order chi connectivity index (χ0) is 14.8. The summed E-state index contributed by atoms with van der Waals surface area (Å²) in [7, 11) is -3.10. The quantitative estimate of drug-likeness (QED) is 0.770. The SMILES string of the molecule is CCC1(C(=O)NC2CCN(S(C)(=O)=O)CC2)CCCN1. The average molecular weight is 303 g/mol. The summed E-state index contributed by atoms with van der Waals surface area (Å²) < 4.78 is 24.4. The molecule has 20 heavy (non-hydrogen) atoms. The molecule has 0 aromatic carbocycles. The van der Waals surface area contributed by atoms with Crippen LogP contribution >= 0.6 is 0 Å². The zero-order valence-electron chi connectivity index (χ0n) is 12.3. The van der Waals surface area contributed by atoms with E-state index >= 15 is 0 Å². The van der Waals surface area contributed by atoms with Crippen molar-refractivity contribution in [2.75, 3.05) is 25.9 Å². The van der Waals surface area contributed by atoms with Gasteiger partial charge in [-0.05, 0) is 38.6 Å². The second-order valence-corrected chi connectivity index (χ2v) is 7.86. The van der Waals surface area contributed by atoms with Crippen molar-refractivity contribution in [2.45, 2.75) is 50.6 Å². The lowest BCUT2D eigenvalue weighted by molar-refractivity contribution is -0.128. The lowest BCUT2D eigenvalue weighted by Gasteiger charge is -2.34. The Morgan fingerprint density at radius 3 is 2.50 bits per heavy atom. The third kappa shape index (κ3) is 3.32. The molecule has 1 unspecified atom stereocenters. The average Bonchev–Trinajstić information content (AvgIpc) is 2.88. The van der Waals surface area contributed by atoms with E-state index in [-0.39, 0.29) is 11.9 Å². The number of carbonyl (C=O) groups is 1. The summed E-state index contributed by atoms with van der Waals surface area (Å²) in [4.78, 5) is 12.4. The van der Waals surface area contributed by atoms with Gasteiger partial charge in [-0.15, -0.1) is 0 Å². The Labute approximate surface area is 121 Å². The van der Waals surface area contributed by atoms with Crippen LogP contribution in [0.5, 0.6) is 0 Å². The monoisotopic (exact) mass is 303 g/mol. The van der Waals surface area contributed by atoms with E-state index in [0.29, 0.717) is 25.9 Å². The third-order valence-corrected chi connectivity index (χ3v) is 5.84. The first-order valence-corrected chi connectivity index (χ1v) is 9.23. The van der Waals surface area contributed by atoms with Crippen LogP contribution < -0.4 is 10.6 Å². The molecule has 0 bridgehead atoms. The predicted octanol–water partition coefficient (Wildman–Crippen LogP) is 0.0588. The summed E-state index contributed by atoms with van der Waals surface area (Å²) in [5.41, 5.74) is -0.409. The fraction of sp³-hybridized carbons (Fsp3) is 0.923. The molecule has 6 nitrogen and oxygen atoms in total. The van der Waals surface area contributed by atoms with Crippen molar-refractivity contribution in [1.82, 2.24) is 14.9 Å². The first-order chi connectivity index (χ1) is 9.37. The number of nitrogens with zero attached hydrogens (tertiary/aromatic N) is 1. The molecule has 0 aliphatic carbocycles. The fourth-order valence-corrected chi connectivity index (χ4v) is 3.99. The minimum absolute atomic E-state index is 0.0790. The second-order valence-electron chi connectivity index (χ2n) is 5.88. The molecule has 2 aliphatic heterocycles. The number of hydrogen-bond acceptors (Lipinski definition) is 4. The van der Waals surface area contributed by atoms with Crippen molar-refractivity contribution >= 4 is 15.9 Å². The van der Waals surface area contributed by atoms with Crippen LogP contribution in [-0.4, -0.2) is 56.1 Å². The highest BCUT2D eigenvalue weighted by atomic mass is 32.2. The van der Waals surface area contributed by atoms with Crippen molar-refractivity contribution in [1.29, 1.82) is 0 Å². The molecular formula is C13H25N3O3S. The Balaban J connectivity index is 1.88. The Morgan fingerprint density at radius 1 is 1.40 bits per heavy atom. The molecule has 2 fully saturated rings. The van der Waals surface area contributed by atoms with Crippen molar-refractivity contribution in [3.8, 4) is 0 Å². The largest absolute Gasteiger partial charge is 0.352 e. The van der Waals surface area contributed by atoms with Crippen molar-refractivity contribution in [3.63, 3.8) is 0 Å². The Kier molecular flexibility index (Phi) is 4.71. The minimum atomic E-state index is -3.10. The molecule has 0 spiro atoms. The van der Waals surface area contributed by atoms with Gasteiger partial charge in [-0.1, -0.05) is 6.92 Å². The predicted molar refractivity (Wildman–Crippen MR) is 77.8 cm³/mol. The van der Waals surface area contributed by atoms with Gasteiger partial charge in [-0.2, -0.15) is 0 Å². The van der Waals surface area contributed by atoms with Crippen LogP contribution in [0, 0.1) is 0 Å². The van der Waals surface area contributed by atoms with Crippen LogP contribution in [0.4, 0.5) is 0 Å². The van der Waals surface area contributed by atoms with E-state index in [1.165, 1.54) is 10.6 Å². The van der Waals surface area contributed by atoms with E-state index in [1.54, 1.807) is 0 Å². The first kappa shape index (κ1) is 15.7. The maximum Gasteiger partial charge on any atom is 0.240 e. The fourth-order valence-electron chi connectivity index (χ4n) is 3.12. The smallest absolute Gasteiger partial charge is 0.240 e. The molecule has 0 aromatic heterocycles. The minimum Gasteiger partial charge on any atom is -0.352 e. The van der Waals surface area contributed by atoms with Crippen LogP contribution in [-0.2, 0) is 14.8 Å². The maximum atomic E-state index is 12.4. The number of carbonyl (C=O) groups excluding carboxylic acids is 1. The molecular weight excluding hydrogens is 278 g/mol. The summed E-state index contributed by atoms with van der Waals surface area (Å²) in [5, 5.41) is 6.43. The summed E-state index contributed by atoms with van der Waals surface area (Å²) in [5.74, 6) is 0.0790. The molecule has 116 valence electrons. The van der Waals surface area contributed by atoms with Crippen LogP contribution in [0.1, 0.15) is 39.0 Å². The highest BCUT2D eigenvalue weighted by Gasteiger charge is 2.40. The summed E-state index contributed by atoms with van der Waals surface area (Å²) in [6.45, 7) is 3.92. The lowest BCUT2D eigenvalue weighted by atomic mass is 9.92. The zero-order valence-corrected chi connectivity index (χ0v) is 13.1. The molecule has 2 aliphatic rings. The van der Waals surface area contributed by atoms with E-state index in [2.05, 4.69) is 10.6 Å². The summed E-state index contributed by atoms with van der Waals surface area (Å²) in [6.07, 6.45) is 5.34. The molecule has 1 atom stereocenters. The number of hydrogen-bond donors (Lipinski definition) is 2. The van der Waals surface area contributed by atoms with Gasteiger partial charge in [0.1, 0.15) is 0 Å². The van der Waals surface area contributed by atoms with Gasteiger partial charge in [0.2, 0.25) is 15.9 Å². The van der Waals surface area contributed by atoms with E-state index < -0.39 is 15.6 Å². The molecule has 0 radical (unpaired) electrons. The highest BCUT2D eigenvalue weighted by molar-refractivity contribution is 7.88. The van der Waals surface area contributed by atoms with Gasteiger partial charge >= 0.3 is 0 Å². The van der Waals surface area contributed by atoms with E-state index in [1.807, 2.05) is 6.92 Å². The number of rotatable bonds is 4. The van der Waals surface area contributed by atoms with E-state index in [0.717, 1.165) is 25.8 Å². The number of nitrogens with one attached hydrogen (secondary N) is 2. The number of sulfonamides is 1. The third-order valence-electron chi connectivity index (χ3n) is 4.54. The molecule has 2 N–H and O–H groups in total. The molecule has 2 rings (SSSR count). The van der Waals surface area contributed by atoms with E-state index in [4.69, 9.17) is 0 Å². The van der Waals surface area contributed by atoms with Gasteiger partial charge in [-0.3, -0.25) is 4.79 Å². The normalized spacial score (nSPS) is 29.5. The summed E-state index contributed by atoms with van der Waals surface area (Å²) >= 11 is 0. The van der Waals surface area contributed by atoms with Gasteiger partial charge in [0.15, 0.2) is 0 Å². The topological polar surface area (TPSA) is 78.5 Å². The van der Waals surface area contributed by atoms with Gasteiger partial charge < -0.3 is 10.6 Å². The molecule has 0 aromatic rings. The Hall–Kier alpha value is -0.660. The number of piperidine rings is 1. The molecule has 2 saturated heterocycles. The molecule has 2 heterocycles. The maximum absolute atomic E-state index is 12.4. The van der Waals surface area contributed by atoms with Gasteiger partial charge in [0, 0.05) is 19.1 Å². The van der Waals surface area contributed by atoms with Crippen LogP contribution in [0.3, 0.4) is 0 Å². The molecule has 1 amide bonds. The van der Waals surface area contributed by atoms with Crippen LogP contribution in [0.2, 0.25) is 0 Å². The van der Waals surface area contributed by atoms with Gasteiger partial charge in [0.05, 0.1) is 11.8 Å². The van der Waals surface area contributed by atoms with Crippen LogP contribution in [0.25, 0.3) is 0 Å². The van der Waals surface area contributed by atoms with Gasteiger partial charge in [-0.25, -0.2) is 12.7 Å². The first-order valence-electron chi connectivity index (χ1n) is 7.38. The Morgan fingerprint density at radius 2 is 2.05 bits per heavy atom. The van der Waals surface area contributed by atoms with Gasteiger partial charge in [0.25, 0.3) is 0 Å². The highest BCUT2D eigenvalue weighted by Crippen LogP contribution is 2.24. The number of amides is 1. The second kappa shape index (κ2) is 5.99. The molecule has 0 saturated carbocycles. The summed E-state index contributed by atoms with van der Waals surface area (Å²) in [6, 6.07) is 0.0892. The van der Waals surface area contributed by atoms with Crippen LogP contribution in [0.15, 0.2) is 0 Å². The van der Waals surface area contributed by atoms with E-state index in [9.17, 15) is 13.2 Å². The van der Waals surface area contributed by atoms with Crippen molar-refractivity contribution in [3.05, 3.63) is 0 Å². The van der Waals surface area contributed by atoms with Crippen molar-refractivity contribution < 1.29 is 13.2 Å². The Bertz CT molecular complexity index is 449. The molecule has 7 heteroatoms. The van der Waals surface area contributed by atoms with Crippen molar-refractivity contribution in [2.24, 2.45) is 0 Å². The standard InChI is InChI=1S/C13H25N3O3S/c1-3-13(7-4-8-14-13)12(17)15-11-5-9-16(10-6-11)20(2,18)19/h11,14H,3-10H2,1-2H3,(H,15,17).